The number of pyridine rings is 1. The highest BCUT2D eigenvalue weighted by molar-refractivity contribution is 8.77. The molecule has 3 aromatic rings. The Balaban J connectivity index is 1.72. The summed E-state index contributed by atoms with van der Waals surface area (Å²) in [6.45, 7) is 4.00. The number of hydrogen-bond donors (Lipinski definition) is 1. The van der Waals surface area contributed by atoms with Crippen molar-refractivity contribution in [2.45, 2.75) is 55.8 Å². The molecule has 0 radical (unpaired) electrons. The monoisotopic (exact) mass is 464 g/mol. The van der Waals surface area contributed by atoms with Crippen LogP contribution in [0, 0.1) is 11.6 Å². The maximum absolute atomic E-state index is 14.6. The summed E-state index contributed by atoms with van der Waals surface area (Å²) in [5.41, 5.74) is -0.301. The van der Waals surface area contributed by atoms with E-state index in [0.29, 0.717) is 5.25 Å². The molecule has 5 nitrogen and oxygen atoms in total. The summed E-state index contributed by atoms with van der Waals surface area (Å²) in [6, 6.07) is 7.31. The average Bonchev–Trinajstić information content (AvgIpc) is 3.27. The van der Waals surface area contributed by atoms with Crippen LogP contribution in [0.2, 0.25) is 0 Å². The van der Waals surface area contributed by atoms with Crippen molar-refractivity contribution >= 4 is 21.6 Å². The first kappa shape index (κ1) is 23.7. The first-order chi connectivity index (χ1) is 14.9. The maximum atomic E-state index is 14.6. The zero-order valence-electron chi connectivity index (χ0n) is 17.5. The number of aliphatic hydroxyl groups is 1. The number of hydrogen-bond acceptors (Lipinski definition) is 6. The Labute approximate surface area is 189 Å². The van der Waals surface area contributed by atoms with Gasteiger partial charge >= 0.3 is 0 Å². The predicted molar refractivity (Wildman–Crippen MR) is 122 cm³/mol. The molecule has 9 heteroatoms. The van der Waals surface area contributed by atoms with Gasteiger partial charge in [-0.2, -0.15) is 5.10 Å². The summed E-state index contributed by atoms with van der Waals surface area (Å²) in [7, 11) is 3.20. The highest BCUT2D eigenvalue weighted by Gasteiger charge is 2.40. The molecule has 1 aromatic carbocycles. The summed E-state index contributed by atoms with van der Waals surface area (Å²) in [5, 5.41) is 15.6. The molecule has 0 aliphatic carbocycles. The number of aromatic nitrogens is 4. The van der Waals surface area contributed by atoms with Crippen molar-refractivity contribution < 1.29 is 13.9 Å². The summed E-state index contributed by atoms with van der Waals surface area (Å²) in [4.78, 5) is 7.96. The molecule has 0 saturated heterocycles. The van der Waals surface area contributed by atoms with E-state index >= 15 is 0 Å². The van der Waals surface area contributed by atoms with Crippen LogP contribution >= 0.6 is 21.6 Å². The highest BCUT2D eigenvalue weighted by Crippen LogP contribution is 2.43. The fraction of sp³-hybridized carbons (Fsp3) is 0.409. The first-order valence-corrected chi connectivity index (χ1v) is 12.4. The van der Waals surface area contributed by atoms with Gasteiger partial charge in [-0.15, -0.1) is 0 Å². The van der Waals surface area contributed by atoms with Crippen molar-refractivity contribution in [3.8, 4) is 0 Å². The van der Waals surface area contributed by atoms with Crippen molar-refractivity contribution in [2.75, 3.05) is 0 Å². The zero-order valence-corrected chi connectivity index (χ0v) is 19.1. The smallest absolute Gasteiger partial charge is 0.137 e. The fourth-order valence-electron chi connectivity index (χ4n) is 3.27. The van der Waals surface area contributed by atoms with Crippen LogP contribution in [0.25, 0.3) is 0 Å². The van der Waals surface area contributed by atoms with Crippen LogP contribution in [-0.4, -0.2) is 35.4 Å². The van der Waals surface area contributed by atoms with Crippen molar-refractivity contribution in [3.63, 3.8) is 0 Å². The summed E-state index contributed by atoms with van der Waals surface area (Å²) in [5.74, 6) is -1.45. The minimum Gasteiger partial charge on any atom is -0.382 e. The van der Waals surface area contributed by atoms with Crippen molar-refractivity contribution in [1.82, 2.24) is 19.7 Å². The van der Waals surface area contributed by atoms with E-state index in [1.54, 1.807) is 23.2 Å². The van der Waals surface area contributed by atoms with Crippen LogP contribution in [0.4, 0.5) is 8.78 Å². The second-order valence-electron chi connectivity index (χ2n) is 7.40. The van der Waals surface area contributed by atoms with E-state index in [1.165, 1.54) is 45.8 Å². The average molecular weight is 465 g/mol. The molecule has 0 saturated carbocycles. The molecule has 3 atom stereocenters. The maximum Gasteiger partial charge on any atom is 0.137 e. The third kappa shape index (κ3) is 6.27. The van der Waals surface area contributed by atoms with Gasteiger partial charge in [0.05, 0.1) is 6.54 Å². The van der Waals surface area contributed by atoms with Gasteiger partial charge in [0.15, 0.2) is 0 Å². The van der Waals surface area contributed by atoms with Crippen molar-refractivity contribution in [2.24, 2.45) is 0 Å². The second kappa shape index (κ2) is 11.1. The Kier molecular flexibility index (Phi) is 8.45. The fourth-order valence-corrected chi connectivity index (χ4v) is 6.45. The lowest BCUT2D eigenvalue weighted by Gasteiger charge is -2.34. The van der Waals surface area contributed by atoms with Gasteiger partial charge in [-0.1, -0.05) is 34.6 Å². The van der Waals surface area contributed by atoms with E-state index < -0.39 is 22.5 Å². The van der Waals surface area contributed by atoms with Gasteiger partial charge < -0.3 is 5.11 Å². The van der Waals surface area contributed by atoms with Gasteiger partial charge in [0.2, 0.25) is 0 Å². The minimum absolute atomic E-state index is 0.0120. The quantitative estimate of drug-likeness (QED) is 0.402. The second-order valence-corrected chi connectivity index (χ2v) is 10.3. The zero-order chi connectivity index (χ0) is 22.3. The number of aryl methyl sites for hydroxylation is 1. The van der Waals surface area contributed by atoms with Gasteiger partial charge in [-0.25, -0.2) is 18.4 Å². The van der Waals surface area contributed by atoms with Gasteiger partial charge in [0, 0.05) is 34.5 Å². The highest BCUT2D eigenvalue weighted by atomic mass is 33.1. The summed E-state index contributed by atoms with van der Waals surface area (Å²) >= 11 is 0. The van der Waals surface area contributed by atoms with Crippen LogP contribution in [0.15, 0.2) is 55.4 Å². The molecule has 0 amide bonds. The molecule has 0 aliphatic rings. The van der Waals surface area contributed by atoms with Crippen LogP contribution < -0.4 is 0 Å². The molecule has 1 N–H and O–H groups in total. The minimum atomic E-state index is -1.59. The Hall–Kier alpha value is -1.97. The van der Waals surface area contributed by atoms with Gasteiger partial charge in [0.25, 0.3) is 0 Å². The van der Waals surface area contributed by atoms with E-state index in [9.17, 15) is 13.9 Å². The van der Waals surface area contributed by atoms with Crippen LogP contribution in [0.5, 0.6) is 0 Å². The topological polar surface area (TPSA) is 63.8 Å². The van der Waals surface area contributed by atoms with Gasteiger partial charge in [-0.05, 0) is 49.9 Å². The lowest BCUT2D eigenvalue weighted by molar-refractivity contribution is 0.0137. The van der Waals surface area contributed by atoms with E-state index in [0.717, 1.165) is 25.3 Å². The Morgan fingerprint density at radius 2 is 1.90 bits per heavy atom. The lowest BCUT2D eigenvalue weighted by atomic mass is 9.90. The van der Waals surface area contributed by atoms with E-state index in [1.807, 2.05) is 19.1 Å². The summed E-state index contributed by atoms with van der Waals surface area (Å²) in [6.07, 6.45) is 9.32. The standard InChI is InChI=1S/C22H26F2N4OS2/c1-3-19(6-4-17-8-10-25-11-9-17)31-30-16(2)22(29,13-28-15-26-14-27-28)20-7-5-18(23)12-21(20)24/h5,7-12,14-16,19,29H,3-4,6,13H2,1-2H3/t16-,19?,22-/m1/s1. The summed E-state index contributed by atoms with van der Waals surface area (Å²) < 4.78 is 29.6. The molecule has 31 heavy (non-hydrogen) atoms. The molecule has 0 aliphatic heterocycles. The third-order valence-electron chi connectivity index (χ3n) is 5.24. The van der Waals surface area contributed by atoms with Crippen molar-refractivity contribution in [3.05, 3.63) is 78.1 Å². The first-order valence-electron chi connectivity index (χ1n) is 10.1. The SMILES string of the molecule is CCC(CCc1ccncc1)SS[C@H](C)[C@](O)(Cn1cncn1)c1ccc(F)cc1F. The van der Waals surface area contributed by atoms with E-state index in [4.69, 9.17) is 0 Å². The lowest BCUT2D eigenvalue weighted by Crippen LogP contribution is -2.41. The molecular weight excluding hydrogens is 438 g/mol. The molecule has 0 bridgehead atoms. The van der Waals surface area contributed by atoms with Gasteiger partial charge in [-0.3, -0.25) is 4.98 Å². The van der Waals surface area contributed by atoms with E-state index in [-0.39, 0.29) is 12.1 Å². The normalized spacial score (nSPS) is 15.4. The Morgan fingerprint density at radius 3 is 2.55 bits per heavy atom. The number of benzene rings is 1. The Bertz CT molecular complexity index is 946. The molecule has 166 valence electrons. The number of nitrogens with zero attached hydrogens (tertiary/aromatic N) is 4. The molecule has 0 fully saturated rings. The Morgan fingerprint density at radius 1 is 1.13 bits per heavy atom. The van der Waals surface area contributed by atoms with E-state index in [2.05, 4.69) is 22.0 Å². The van der Waals surface area contributed by atoms with Crippen LogP contribution in [0.1, 0.15) is 37.8 Å². The molecule has 0 spiro atoms. The molecule has 1 unspecified atom stereocenters. The van der Waals surface area contributed by atoms with Gasteiger partial charge in [0.1, 0.15) is 29.9 Å². The largest absolute Gasteiger partial charge is 0.382 e. The number of rotatable bonds is 11. The molecule has 3 rings (SSSR count). The molecular formula is C22H26F2N4OS2. The molecule has 2 aromatic heterocycles. The number of halogens is 2. The molecule has 2 heterocycles. The van der Waals surface area contributed by atoms with Crippen LogP contribution in [0.3, 0.4) is 0 Å². The predicted octanol–water partition coefficient (Wildman–Crippen LogP) is 5.02. The van der Waals surface area contributed by atoms with Crippen LogP contribution in [-0.2, 0) is 18.6 Å². The third-order valence-corrected chi connectivity index (χ3v) is 8.88. The van der Waals surface area contributed by atoms with Crippen molar-refractivity contribution in [1.29, 1.82) is 0 Å².